The molecule has 35 heavy (non-hydrogen) atoms. The summed E-state index contributed by atoms with van der Waals surface area (Å²) in [6.45, 7) is 6.91. The second-order valence-corrected chi connectivity index (χ2v) is 12.1. The van der Waals surface area contributed by atoms with Crippen molar-refractivity contribution in [2.45, 2.75) is 40.0 Å². The Bertz CT molecular complexity index is 1250. The standard InChI is InChI=1S/C28H31IN2O3S/c1-28(2,3)18-11-12-20-23(15-18)35-27(24(20)26(32)31-19-9-7-6-8-10-19)30-16-17-13-21(29)25(34-5)22(14-17)33-4/h6-10,13-14,16,18H,11-12,15H2,1-5H3,(H,31,32)/t18-/m1/s1. The number of hydrogen-bond donors (Lipinski definition) is 1. The molecule has 1 heterocycles. The molecule has 1 N–H and O–H groups in total. The number of ether oxygens (including phenoxy) is 2. The van der Waals surface area contributed by atoms with E-state index in [1.807, 2.05) is 48.7 Å². The molecule has 1 atom stereocenters. The van der Waals surface area contributed by atoms with Gasteiger partial charge in [0.25, 0.3) is 5.91 Å². The maximum atomic E-state index is 13.5. The number of carbonyl (C=O) groups is 1. The van der Waals surface area contributed by atoms with Gasteiger partial charge in [0.05, 0.1) is 23.4 Å². The molecule has 0 unspecified atom stereocenters. The number of amides is 1. The Morgan fingerprint density at radius 3 is 2.57 bits per heavy atom. The van der Waals surface area contributed by atoms with Gasteiger partial charge in [0.1, 0.15) is 5.00 Å². The fourth-order valence-corrected chi connectivity index (χ4v) is 6.61. The topological polar surface area (TPSA) is 59.9 Å². The number of thiophene rings is 1. The molecule has 0 saturated carbocycles. The molecule has 1 aromatic heterocycles. The van der Waals surface area contributed by atoms with Crippen molar-refractivity contribution in [3.8, 4) is 11.5 Å². The molecule has 2 aromatic carbocycles. The first-order valence-electron chi connectivity index (χ1n) is 11.7. The average Bonchev–Trinajstić information content (AvgIpc) is 3.20. The van der Waals surface area contributed by atoms with Crippen LogP contribution in [0.2, 0.25) is 0 Å². The number of rotatable bonds is 6. The van der Waals surface area contributed by atoms with E-state index >= 15 is 0 Å². The molecule has 4 rings (SSSR count). The zero-order chi connectivity index (χ0) is 25.2. The summed E-state index contributed by atoms with van der Waals surface area (Å²) in [4.78, 5) is 19.6. The van der Waals surface area contributed by atoms with Crippen molar-refractivity contribution >= 4 is 56.7 Å². The summed E-state index contributed by atoms with van der Waals surface area (Å²) in [7, 11) is 3.26. The number of anilines is 1. The minimum atomic E-state index is -0.100. The lowest BCUT2D eigenvalue weighted by Crippen LogP contribution is -2.27. The van der Waals surface area contributed by atoms with Crippen molar-refractivity contribution in [3.05, 3.63) is 67.6 Å². The van der Waals surface area contributed by atoms with E-state index in [0.29, 0.717) is 23.0 Å². The van der Waals surface area contributed by atoms with Gasteiger partial charge in [-0.05, 0) is 88.6 Å². The van der Waals surface area contributed by atoms with Crippen LogP contribution in [0.5, 0.6) is 11.5 Å². The third-order valence-corrected chi connectivity index (χ3v) is 8.48. The van der Waals surface area contributed by atoms with Gasteiger partial charge in [0.15, 0.2) is 11.5 Å². The minimum absolute atomic E-state index is 0.100. The summed E-state index contributed by atoms with van der Waals surface area (Å²) < 4.78 is 11.9. The van der Waals surface area contributed by atoms with E-state index in [1.165, 1.54) is 4.88 Å². The molecule has 1 aliphatic carbocycles. The first-order valence-corrected chi connectivity index (χ1v) is 13.6. The maximum Gasteiger partial charge on any atom is 0.259 e. The van der Waals surface area contributed by atoms with Gasteiger partial charge in [-0.3, -0.25) is 4.79 Å². The molecule has 0 fully saturated rings. The van der Waals surface area contributed by atoms with E-state index in [-0.39, 0.29) is 11.3 Å². The Morgan fingerprint density at radius 2 is 1.91 bits per heavy atom. The van der Waals surface area contributed by atoms with Crippen LogP contribution in [0.4, 0.5) is 10.7 Å². The fourth-order valence-electron chi connectivity index (χ4n) is 4.50. The highest BCUT2D eigenvalue weighted by Gasteiger charge is 2.33. The number of hydrogen-bond acceptors (Lipinski definition) is 5. The Morgan fingerprint density at radius 1 is 1.17 bits per heavy atom. The number of aliphatic imine (C=N–C) groups is 1. The maximum absolute atomic E-state index is 13.5. The van der Waals surface area contributed by atoms with Crippen molar-refractivity contribution in [3.63, 3.8) is 0 Å². The number of carbonyl (C=O) groups excluding carboxylic acids is 1. The van der Waals surface area contributed by atoms with Gasteiger partial charge in [0, 0.05) is 16.8 Å². The van der Waals surface area contributed by atoms with Crippen molar-refractivity contribution in [2.75, 3.05) is 19.5 Å². The summed E-state index contributed by atoms with van der Waals surface area (Å²) in [6, 6.07) is 13.5. The largest absolute Gasteiger partial charge is 0.493 e. The van der Waals surface area contributed by atoms with Gasteiger partial charge in [0.2, 0.25) is 0 Å². The minimum Gasteiger partial charge on any atom is -0.493 e. The monoisotopic (exact) mass is 602 g/mol. The molecule has 1 amide bonds. The van der Waals surface area contributed by atoms with Gasteiger partial charge >= 0.3 is 0 Å². The highest BCUT2D eigenvalue weighted by Crippen LogP contribution is 2.45. The third kappa shape index (κ3) is 5.72. The van der Waals surface area contributed by atoms with Crippen LogP contribution < -0.4 is 14.8 Å². The molecule has 0 bridgehead atoms. The Labute approximate surface area is 225 Å². The molecular formula is C28H31IN2O3S. The van der Waals surface area contributed by atoms with Crippen molar-refractivity contribution in [1.29, 1.82) is 0 Å². The summed E-state index contributed by atoms with van der Waals surface area (Å²) >= 11 is 3.88. The lowest BCUT2D eigenvalue weighted by Gasteiger charge is -2.33. The lowest BCUT2D eigenvalue weighted by molar-refractivity contribution is 0.102. The van der Waals surface area contributed by atoms with E-state index in [2.05, 4.69) is 48.7 Å². The van der Waals surface area contributed by atoms with Gasteiger partial charge in [-0.25, -0.2) is 4.99 Å². The van der Waals surface area contributed by atoms with Crippen molar-refractivity contribution in [2.24, 2.45) is 16.3 Å². The second-order valence-electron chi connectivity index (χ2n) is 9.81. The van der Waals surface area contributed by atoms with E-state index in [4.69, 9.17) is 14.5 Å². The Kier molecular flexibility index (Phi) is 7.86. The number of nitrogens with one attached hydrogen (secondary N) is 1. The molecule has 0 aliphatic heterocycles. The van der Waals surface area contributed by atoms with Gasteiger partial charge in [-0.1, -0.05) is 39.0 Å². The van der Waals surface area contributed by atoms with Gasteiger partial charge in [-0.2, -0.15) is 0 Å². The van der Waals surface area contributed by atoms with Crippen LogP contribution >= 0.6 is 33.9 Å². The second kappa shape index (κ2) is 10.7. The van der Waals surface area contributed by atoms with E-state index in [0.717, 1.165) is 44.6 Å². The quantitative estimate of drug-likeness (QED) is 0.235. The number of halogens is 1. The molecule has 0 spiro atoms. The highest BCUT2D eigenvalue weighted by atomic mass is 127. The Hall–Kier alpha value is -2.39. The predicted octanol–water partition coefficient (Wildman–Crippen LogP) is 7.52. The fraction of sp³-hybridized carbons (Fsp3) is 0.357. The van der Waals surface area contributed by atoms with E-state index < -0.39 is 0 Å². The molecule has 7 heteroatoms. The molecule has 3 aromatic rings. The molecule has 0 radical (unpaired) electrons. The number of benzene rings is 2. The van der Waals surface area contributed by atoms with Crippen LogP contribution in [0.25, 0.3) is 0 Å². The van der Waals surface area contributed by atoms with E-state index in [1.54, 1.807) is 25.6 Å². The van der Waals surface area contributed by atoms with Gasteiger partial charge < -0.3 is 14.8 Å². The van der Waals surface area contributed by atoms with Crippen LogP contribution in [0, 0.1) is 14.9 Å². The lowest BCUT2D eigenvalue weighted by atomic mass is 9.72. The normalized spacial score (nSPS) is 15.7. The zero-order valence-electron chi connectivity index (χ0n) is 20.8. The molecule has 184 valence electrons. The summed E-state index contributed by atoms with van der Waals surface area (Å²) in [6.07, 6.45) is 4.77. The summed E-state index contributed by atoms with van der Waals surface area (Å²) in [5, 5.41) is 3.83. The van der Waals surface area contributed by atoms with Crippen molar-refractivity contribution in [1.82, 2.24) is 0 Å². The first-order chi connectivity index (χ1) is 16.7. The van der Waals surface area contributed by atoms with Crippen LogP contribution in [0.1, 0.15) is 53.6 Å². The predicted molar refractivity (Wildman–Crippen MR) is 153 cm³/mol. The molecule has 5 nitrogen and oxygen atoms in total. The van der Waals surface area contributed by atoms with Crippen LogP contribution in [0.15, 0.2) is 47.5 Å². The number of methoxy groups -OCH3 is 2. The molecule has 0 saturated heterocycles. The third-order valence-electron chi connectivity index (χ3n) is 6.52. The number of fused-ring (bicyclic) bond motifs is 1. The first kappa shape index (κ1) is 25.7. The number of para-hydroxylation sites is 1. The van der Waals surface area contributed by atoms with Crippen LogP contribution in [0.3, 0.4) is 0 Å². The van der Waals surface area contributed by atoms with Crippen LogP contribution in [-0.4, -0.2) is 26.3 Å². The summed E-state index contributed by atoms with van der Waals surface area (Å²) in [5.41, 5.74) is 3.75. The van der Waals surface area contributed by atoms with Gasteiger partial charge in [-0.15, -0.1) is 11.3 Å². The molecule has 1 aliphatic rings. The van der Waals surface area contributed by atoms with E-state index in [9.17, 15) is 4.79 Å². The van der Waals surface area contributed by atoms with Crippen LogP contribution in [-0.2, 0) is 12.8 Å². The average molecular weight is 603 g/mol. The SMILES string of the molecule is COc1cc(C=Nc2sc3c(c2C(=O)Nc2ccccc2)CC[C@@H](C(C)(C)C)C3)cc(I)c1OC. The zero-order valence-corrected chi connectivity index (χ0v) is 23.7. The smallest absolute Gasteiger partial charge is 0.259 e. The highest BCUT2D eigenvalue weighted by molar-refractivity contribution is 14.1. The summed E-state index contributed by atoms with van der Waals surface area (Å²) in [5.74, 6) is 1.84. The number of nitrogens with zero attached hydrogens (tertiary/aromatic N) is 1. The Balaban J connectivity index is 1.72. The van der Waals surface area contributed by atoms with Crippen molar-refractivity contribution < 1.29 is 14.3 Å². The molecular weight excluding hydrogens is 571 g/mol.